The van der Waals surface area contributed by atoms with Crippen molar-refractivity contribution in [3.63, 3.8) is 0 Å². The molecular formula is C12H22N2OS. The van der Waals surface area contributed by atoms with E-state index in [0.29, 0.717) is 12.0 Å². The average molecular weight is 242 g/mol. The fourth-order valence-corrected chi connectivity index (χ4v) is 2.60. The van der Waals surface area contributed by atoms with Crippen molar-refractivity contribution in [2.24, 2.45) is 5.92 Å². The molecule has 0 saturated carbocycles. The van der Waals surface area contributed by atoms with Gasteiger partial charge in [-0.2, -0.15) is 0 Å². The number of aliphatic hydroxyl groups excluding tert-OH is 1. The summed E-state index contributed by atoms with van der Waals surface area (Å²) in [5.74, 6) is 0.594. The van der Waals surface area contributed by atoms with Crippen LogP contribution in [0, 0.1) is 5.92 Å². The molecule has 0 radical (unpaired) electrons. The maximum Gasteiger partial charge on any atom is 0.185 e. The van der Waals surface area contributed by atoms with E-state index in [4.69, 9.17) is 0 Å². The lowest BCUT2D eigenvalue weighted by molar-refractivity contribution is 0.284. The van der Waals surface area contributed by atoms with Crippen molar-refractivity contribution in [3.05, 3.63) is 10.6 Å². The molecule has 3 nitrogen and oxygen atoms in total. The zero-order valence-corrected chi connectivity index (χ0v) is 11.6. The predicted molar refractivity (Wildman–Crippen MR) is 70.1 cm³/mol. The number of hydrogen-bond acceptors (Lipinski definition) is 4. The van der Waals surface area contributed by atoms with E-state index in [-0.39, 0.29) is 6.61 Å². The summed E-state index contributed by atoms with van der Waals surface area (Å²) in [6, 6.07) is 0.461. The van der Waals surface area contributed by atoms with Crippen molar-refractivity contribution < 1.29 is 5.11 Å². The summed E-state index contributed by atoms with van der Waals surface area (Å²) < 4.78 is 0. The van der Waals surface area contributed by atoms with Gasteiger partial charge in [0.2, 0.25) is 0 Å². The number of nitrogens with zero attached hydrogens (tertiary/aromatic N) is 2. The fraction of sp³-hybridized carbons (Fsp3) is 0.750. The Bertz CT molecular complexity index is 314. The first kappa shape index (κ1) is 13.5. The molecule has 0 aliphatic rings. The van der Waals surface area contributed by atoms with Gasteiger partial charge in [0.15, 0.2) is 5.13 Å². The van der Waals surface area contributed by atoms with E-state index >= 15 is 0 Å². The first-order valence-corrected chi connectivity index (χ1v) is 6.65. The molecule has 0 aliphatic heterocycles. The second-order valence-electron chi connectivity index (χ2n) is 4.47. The lowest BCUT2D eigenvalue weighted by Crippen LogP contribution is -2.33. The van der Waals surface area contributed by atoms with Gasteiger partial charge in [-0.3, -0.25) is 0 Å². The summed E-state index contributed by atoms with van der Waals surface area (Å²) in [7, 11) is 2.07. The van der Waals surface area contributed by atoms with Gasteiger partial charge in [0, 0.05) is 13.1 Å². The minimum absolute atomic E-state index is 0.102. The summed E-state index contributed by atoms with van der Waals surface area (Å²) >= 11 is 1.60. The topological polar surface area (TPSA) is 36.4 Å². The second-order valence-corrected chi connectivity index (χ2v) is 5.54. The van der Waals surface area contributed by atoms with Crippen molar-refractivity contribution in [1.29, 1.82) is 0 Å². The molecule has 92 valence electrons. The van der Waals surface area contributed by atoms with Crippen molar-refractivity contribution in [1.82, 2.24) is 4.98 Å². The molecule has 1 N–H and O–H groups in total. The Morgan fingerprint density at radius 1 is 1.38 bits per heavy atom. The Hall–Kier alpha value is -0.610. The van der Waals surface area contributed by atoms with E-state index in [1.807, 2.05) is 0 Å². The minimum Gasteiger partial charge on any atom is -0.391 e. The lowest BCUT2D eigenvalue weighted by atomic mass is 10.1. The second kappa shape index (κ2) is 5.64. The Labute approximate surface area is 102 Å². The molecule has 0 spiro atoms. The minimum atomic E-state index is 0.102. The van der Waals surface area contributed by atoms with E-state index in [0.717, 1.165) is 22.1 Å². The summed E-state index contributed by atoms with van der Waals surface area (Å²) in [5.41, 5.74) is 1.03. The third-order valence-corrected chi connectivity index (χ3v) is 4.30. The number of aromatic nitrogens is 1. The van der Waals surface area contributed by atoms with Gasteiger partial charge in [-0.05, 0) is 19.3 Å². The van der Waals surface area contributed by atoms with E-state index in [2.05, 4.69) is 44.6 Å². The van der Waals surface area contributed by atoms with E-state index in [9.17, 15) is 5.11 Å². The largest absolute Gasteiger partial charge is 0.391 e. The lowest BCUT2D eigenvalue weighted by Gasteiger charge is -2.27. The Kier molecular flexibility index (Phi) is 4.74. The Balaban J connectivity index is 2.91. The third-order valence-electron chi connectivity index (χ3n) is 3.12. The zero-order chi connectivity index (χ0) is 12.3. The molecule has 1 unspecified atom stereocenters. The molecule has 1 aromatic heterocycles. The van der Waals surface area contributed by atoms with E-state index in [1.54, 1.807) is 11.3 Å². The Morgan fingerprint density at radius 3 is 2.38 bits per heavy atom. The van der Waals surface area contributed by atoms with Crippen molar-refractivity contribution >= 4 is 16.5 Å². The highest BCUT2D eigenvalue weighted by Gasteiger charge is 2.18. The van der Waals surface area contributed by atoms with Crippen LogP contribution < -0.4 is 4.90 Å². The molecule has 0 amide bonds. The zero-order valence-electron chi connectivity index (χ0n) is 10.8. The highest BCUT2D eigenvalue weighted by atomic mass is 32.1. The fourth-order valence-electron chi connectivity index (χ4n) is 1.54. The molecule has 0 aliphatic carbocycles. The van der Waals surface area contributed by atoms with Crippen LogP contribution in [-0.2, 0) is 13.0 Å². The van der Waals surface area contributed by atoms with Crippen LogP contribution in [0.1, 0.15) is 38.3 Å². The molecule has 4 heteroatoms. The summed E-state index contributed by atoms with van der Waals surface area (Å²) in [6.45, 7) is 8.80. The van der Waals surface area contributed by atoms with Crippen molar-refractivity contribution in [3.8, 4) is 0 Å². The molecule has 1 aromatic rings. The predicted octanol–water partition coefficient (Wildman–Crippen LogP) is 2.68. The standard InChI is InChI=1S/C12H22N2OS/c1-6-10-11(7-15)16-12(13-10)14(5)9(4)8(2)3/h8-9,15H,6-7H2,1-5H3. The van der Waals surface area contributed by atoms with Crippen molar-refractivity contribution in [2.75, 3.05) is 11.9 Å². The number of aryl methyl sites for hydroxylation is 1. The molecule has 16 heavy (non-hydrogen) atoms. The maximum absolute atomic E-state index is 9.24. The number of aliphatic hydroxyl groups is 1. The van der Waals surface area contributed by atoms with Crippen LogP contribution in [0.5, 0.6) is 0 Å². The van der Waals surface area contributed by atoms with Gasteiger partial charge >= 0.3 is 0 Å². The summed E-state index contributed by atoms with van der Waals surface area (Å²) in [6.07, 6.45) is 0.885. The molecule has 1 heterocycles. The van der Waals surface area contributed by atoms with Crippen LogP contribution >= 0.6 is 11.3 Å². The van der Waals surface area contributed by atoms with Gasteiger partial charge in [0.1, 0.15) is 0 Å². The number of thiazole rings is 1. The van der Waals surface area contributed by atoms with Crippen LogP contribution in [0.3, 0.4) is 0 Å². The van der Waals surface area contributed by atoms with Crippen LogP contribution in [-0.4, -0.2) is 23.2 Å². The van der Waals surface area contributed by atoms with Crippen LogP contribution in [0.4, 0.5) is 5.13 Å². The van der Waals surface area contributed by atoms with E-state index < -0.39 is 0 Å². The van der Waals surface area contributed by atoms with Gasteiger partial charge in [0.05, 0.1) is 17.2 Å². The van der Waals surface area contributed by atoms with Gasteiger partial charge in [-0.25, -0.2) is 4.98 Å². The average Bonchev–Trinajstić information content (AvgIpc) is 2.69. The van der Waals surface area contributed by atoms with Crippen LogP contribution in [0.15, 0.2) is 0 Å². The van der Waals surface area contributed by atoms with Crippen LogP contribution in [0.2, 0.25) is 0 Å². The molecule has 0 saturated heterocycles. The number of hydrogen-bond donors (Lipinski definition) is 1. The van der Waals surface area contributed by atoms with Gasteiger partial charge < -0.3 is 10.0 Å². The van der Waals surface area contributed by atoms with E-state index in [1.165, 1.54) is 0 Å². The molecule has 0 fully saturated rings. The smallest absolute Gasteiger partial charge is 0.185 e. The first-order chi connectivity index (χ1) is 7.51. The SMILES string of the molecule is CCc1nc(N(C)C(C)C(C)C)sc1CO. The molecule has 0 bridgehead atoms. The molecule has 1 atom stereocenters. The molecule has 1 rings (SSSR count). The summed E-state index contributed by atoms with van der Waals surface area (Å²) in [4.78, 5) is 7.79. The quantitative estimate of drug-likeness (QED) is 0.862. The monoisotopic (exact) mass is 242 g/mol. The van der Waals surface area contributed by atoms with Gasteiger partial charge in [-0.15, -0.1) is 0 Å². The highest BCUT2D eigenvalue weighted by Crippen LogP contribution is 2.28. The number of rotatable bonds is 5. The Morgan fingerprint density at radius 2 is 2.00 bits per heavy atom. The third kappa shape index (κ3) is 2.74. The number of anilines is 1. The normalized spacial score (nSPS) is 13.2. The van der Waals surface area contributed by atoms with Gasteiger partial charge in [-0.1, -0.05) is 32.1 Å². The van der Waals surface area contributed by atoms with Gasteiger partial charge in [0.25, 0.3) is 0 Å². The first-order valence-electron chi connectivity index (χ1n) is 5.83. The summed E-state index contributed by atoms with van der Waals surface area (Å²) in [5, 5.41) is 10.3. The molecule has 0 aromatic carbocycles. The molecular weight excluding hydrogens is 220 g/mol. The maximum atomic E-state index is 9.24. The van der Waals surface area contributed by atoms with Crippen molar-refractivity contribution in [2.45, 2.75) is 46.8 Å². The highest BCUT2D eigenvalue weighted by molar-refractivity contribution is 7.15. The van der Waals surface area contributed by atoms with Crippen LogP contribution in [0.25, 0.3) is 0 Å².